The number of rotatable bonds is 7. The number of anilines is 1. The molecule has 8 heteroatoms. The number of halogens is 2. The highest BCUT2D eigenvalue weighted by Crippen LogP contribution is 2.25. The van der Waals surface area contributed by atoms with Crippen LogP contribution in [0.2, 0.25) is 5.02 Å². The SMILES string of the molecule is O=C(Nc1ccn(Cc2ccc(Cl)cc2)n1)c1ccc(COc2ccccc2Br)o1. The lowest BCUT2D eigenvalue weighted by Gasteiger charge is -2.05. The fraction of sp³-hybridized carbons (Fsp3) is 0.0909. The van der Waals surface area contributed by atoms with Crippen molar-refractivity contribution in [2.75, 3.05) is 5.32 Å². The molecule has 2 aromatic carbocycles. The molecule has 1 amide bonds. The van der Waals surface area contributed by atoms with E-state index in [1.54, 1.807) is 29.1 Å². The van der Waals surface area contributed by atoms with Crippen molar-refractivity contribution in [1.29, 1.82) is 0 Å². The number of ether oxygens (including phenoxy) is 1. The lowest BCUT2D eigenvalue weighted by molar-refractivity contribution is 0.0992. The van der Waals surface area contributed by atoms with Gasteiger partial charge in [0.05, 0.1) is 11.0 Å². The van der Waals surface area contributed by atoms with E-state index in [9.17, 15) is 4.79 Å². The zero-order valence-corrected chi connectivity index (χ0v) is 18.1. The molecule has 0 unspecified atom stereocenters. The Hall–Kier alpha value is -3.03. The van der Waals surface area contributed by atoms with Gasteiger partial charge in [-0.15, -0.1) is 0 Å². The molecule has 2 aromatic heterocycles. The number of furan rings is 1. The number of carbonyl (C=O) groups is 1. The summed E-state index contributed by atoms with van der Waals surface area (Å²) in [6, 6.07) is 20.1. The van der Waals surface area contributed by atoms with Crippen molar-refractivity contribution < 1.29 is 13.9 Å². The Bertz CT molecular complexity index is 1150. The molecular formula is C22H17BrClN3O3. The minimum atomic E-state index is -0.376. The second kappa shape index (κ2) is 9.19. The maximum absolute atomic E-state index is 12.4. The van der Waals surface area contributed by atoms with Gasteiger partial charge in [0.25, 0.3) is 5.91 Å². The Morgan fingerprint density at radius 2 is 1.90 bits per heavy atom. The van der Waals surface area contributed by atoms with Crippen molar-refractivity contribution in [3.63, 3.8) is 0 Å². The van der Waals surface area contributed by atoms with Gasteiger partial charge in [0, 0.05) is 17.3 Å². The van der Waals surface area contributed by atoms with Gasteiger partial charge in [-0.2, -0.15) is 5.10 Å². The first-order valence-electron chi connectivity index (χ1n) is 9.12. The fourth-order valence-electron chi connectivity index (χ4n) is 2.76. The molecule has 4 rings (SSSR count). The molecule has 0 saturated heterocycles. The van der Waals surface area contributed by atoms with E-state index in [0.29, 0.717) is 28.9 Å². The average molecular weight is 487 g/mol. The third-order valence-corrected chi connectivity index (χ3v) is 5.14. The summed E-state index contributed by atoms with van der Waals surface area (Å²) in [5.41, 5.74) is 1.06. The molecule has 30 heavy (non-hydrogen) atoms. The third kappa shape index (κ3) is 5.11. The molecule has 1 N–H and O–H groups in total. The second-order valence-corrected chi connectivity index (χ2v) is 7.75. The summed E-state index contributed by atoms with van der Waals surface area (Å²) in [6.45, 7) is 0.788. The Kier molecular flexibility index (Phi) is 6.21. The van der Waals surface area contributed by atoms with E-state index < -0.39 is 0 Å². The first-order valence-corrected chi connectivity index (χ1v) is 10.3. The summed E-state index contributed by atoms with van der Waals surface area (Å²) in [5.74, 6) is 1.50. The molecule has 6 nitrogen and oxygen atoms in total. The van der Waals surface area contributed by atoms with Crippen LogP contribution in [0.25, 0.3) is 0 Å². The Morgan fingerprint density at radius 3 is 2.70 bits per heavy atom. The summed E-state index contributed by atoms with van der Waals surface area (Å²) in [5, 5.41) is 7.79. The molecule has 0 radical (unpaired) electrons. The van der Waals surface area contributed by atoms with Crippen LogP contribution in [0.3, 0.4) is 0 Å². The highest BCUT2D eigenvalue weighted by molar-refractivity contribution is 9.10. The quantitative estimate of drug-likeness (QED) is 0.360. The predicted octanol–water partition coefficient (Wildman–Crippen LogP) is 5.77. The van der Waals surface area contributed by atoms with E-state index in [4.69, 9.17) is 20.8 Å². The standard InChI is InChI=1S/C22H17BrClN3O3/c23-18-3-1-2-4-19(18)29-14-17-9-10-20(30-17)22(28)25-21-11-12-27(26-21)13-15-5-7-16(24)8-6-15/h1-12H,13-14H2,(H,25,26,28). The summed E-state index contributed by atoms with van der Waals surface area (Å²) in [4.78, 5) is 12.4. The first-order chi connectivity index (χ1) is 14.6. The van der Waals surface area contributed by atoms with Crippen LogP contribution in [0.4, 0.5) is 5.82 Å². The van der Waals surface area contributed by atoms with Crippen molar-refractivity contribution in [1.82, 2.24) is 9.78 Å². The molecule has 152 valence electrons. The largest absolute Gasteiger partial charge is 0.484 e. The van der Waals surface area contributed by atoms with Crippen molar-refractivity contribution in [2.24, 2.45) is 0 Å². The highest BCUT2D eigenvalue weighted by atomic mass is 79.9. The van der Waals surface area contributed by atoms with Gasteiger partial charge in [0.1, 0.15) is 18.1 Å². The summed E-state index contributed by atoms with van der Waals surface area (Å²) < 4.78 is 13.9. The normalized spacial score (nSPS) is 10.7. The molecule has 4 aromatic rings. The maximum atomic E-state index is 12.4. The van der Waals surface area contributed by atoms with Crippen LogP contribution in [-0.4, -0.2) is 15.7 Å². The predicted molar refractivity (Wildman–Crippen MR) is 118 cm³/mol. The van der Waals surface area contributed by atoms with Crippen molar-refractivity contribution >= 4 is 39.3 Å². The topological polar surface area (TPSA) is 69.3 Å². The molecule has 0 spiro atoms. The second-order valence-electron chi connectivity index (χ2n) is 6.46. The number of nitrogens with zero attached hydrogens (tertiary/aromatic N) is 2. The van der Waals surface area contributed by atoms with E-state index in [-0.39, 0.29) is 18.3 Å². The molecule has 0 saturated carbocycles. The van der Waals surface area contributed by atoms with Gasteiger partial charge >= 0.3 is 0 Å². The summed E-state index contributed by atoms with van der Waals surface area (Å²) >= 11 is 9.33. The lowest BCUT2D eigenvalue weighted by Crippen LogP contribution is -2.12. The first kappa shape index (κ1) is 20.3. The molecule has 0 aliphatic rings. The van der Waals surface area contributed by atoms with E-state index >= 15 is 0 Å². The van der Waals surface area contributed by atoms with E-state index in [2.05, 4.69) is 26.3 Å². The van der Waals surface area contributed by atoms with Crippen LogP contribution in [-0.2, 0) is 13.2 Å². The van der Waals surface area contributed by atoms with Crippen LogP contribution >= 0.6 is 27.5 Å². The minimum absolute atomic E-state index is 0.188. The van der Waals surface area contributed by atoms with Gasteiger partial charge in [-0.25, -0.2) is 0 Å². The van der Waals surface area contributed by atoms with Crippen LogP contribution in [0.1, 0.15) is 21.9 Å². The molecule has 0 bridgehead atoms. The van der Waals surface area contributed by atoms with Crippen LogP contribution in [0.15, 0.2) is 81.8 Å². The van der Waals surface area contributed by atoms with Gasteiger partial charge in [-0.1, -0.05) is 35.9 Å². The number of aromatic nitrogens is 2. The van der Waals surface area contributed by atoms with Crippen molar-refractivity contribution in [3.8, 4) is 5.75 Å². The fourth-order valence-corrected chi connectivity index (χ4v) is 3.28. The number of para-hydroxylation sites is 1. The van der Waals surface area contributed by atoms with E-state index in [1.807, 2.05) is 48.5 Å². The molecule has 2 heterocycles. The van der Waals surface area contributed by atoms with Crippen molar-refractivity contribution in [3.05, 3.63) is 99.5 Å². The summed E-state index contributed by atoms with van der Waals surface area (Å²) in [6.07, 6.45) is 1.79. The number of nitrogens with one attached hydrogen (secondary N) is 1. The van der Waals surface area contributed by atoms with Crippen molar-refractivity contribution in [2.45, 2.75) is 13.2 Å². The summed E-state index contributed by atoms with van der Waals surface area (Å²) in [7, 11) is 0. The van der Waals surface area contributed by atoms with Gasteiger partial charge in [0.2, 0.25) is 0 Å². The minimum Gasteiger partial charge on any atom is -0.484 e. The number of hydrogen-bond donors (Lipinski definition) is 1. The monoisotopic (exact) mass is 485 g/mol. The van der Waals surface area contributed by atoms with Gasteiger partial charge in [0.15, 0.2) is 11.6 Å². The molecule has 0 aliphatic heterocycles. The lowest BCUT2D eigenvalue weighted by atomic mass is 10.2. The number of carbonyl (C=O) groups excluding carboxylic acids is 1. The Morgan fingerprint density at radius 1 is 1.10 bits per heavy atom. The number of benzene rings is 2. The average Bonchev–Trinajstić information content (AvgIpc) is 3.39. The Balaban J connectivity index is 1.34. The molecular weight excluding hydrogens is 470 g/mol. The molecule has 0 fully saturated rings. The van der Waals surface area contributed by atoms with Gasteiger partial charge in [-0.3, -0.25) is 9.48 Å². The smallest absolute Gasteiger partial charge is 0.292 e. The van der Waals surface area contributed by atoms with Gasteiger partial charge in [-0.05, 0) is 57.9 Å². The number of hydrogen-bond acceptors (Lipinski definition) is 4. The van der Waals surface area contributed by atoms with Crippen LogP contribution in [0.5, 0.6) is 5.75 Å². The highest BCUT2D eigenvalue weighted by Gasteiger charge is 2.13. The maximum Gasteiger partial charge on any atom is 0.292 e. The van der Waals surface area contributed by atoms with Crippen LogP contribution in [0, 0.1) is 0 Å². The van der Waals surface area contributed by atoms with E-state index in [0.717, 1.165) is 10.0 Å². The van der Waals surface area contributed by atoms with Gasteiger partial charge < -0.3 is 14.5 Å². The van der Waals surface area contributed by atoms with Crippen LogP contribution < -0.4 is 10.1 Å². The van der Waals surface area contributed by atoms with E-state index in [1.165, 1.54) is 0 Å². The molecule has 0 aliphatic carbocycles. The zero-order chi connectivity index (χ0) is 20.9. The third-order valence-electron chi connectivity index (χ3n) is 4.23. The Labute approximate surface area is 186 Å². The zero-order valence-electron chi connectivity index (χ0n) is 15.7. The molecule has 0 atom stereocenters. The number of amides is 1.